The second kappa shape index (κ2) is 6.07. The minimum Gasteiger partial charge on any atom is -0.207 e. The summed E-state index contributed by atoms with van der Waals surface area (Å²) in [6.07, 6.45) is 0. The number of thioether (sulfide) groups is 1. The molecule has 1 fully saturated rings. The van der Waals surface area contributed by atoms with Gasteiger partial charge in [-0.05, 0) is 37.1 Å². The van der Waals surface area contributed by atoms with E-state index in [-0.39, 0.29) is 5.37 Å². The van der Waals surface area contributed by atoms with E-state index in [9.17, 15) is 8.42 Å². The Morgan fingerprint density at radius 2 is 1.77 bits per heavy atom. The van der Waals surface area contributed by atoms with E-state index in [4.69, 9.17) is 0 Å². The van der Waals surface area contributed by atoms with Crippen LogP contribution in [0.15, 0.2) is 53.4 Å². The second-order valence-corrected chi connectivity index (χ2v) is 8.64. The Kier molecular flexibility index (Phi) is 4.30. The van der Waals surface area contributed by atoms with Crippen LogP contribution in [0.1, 0.15) is 22.1 Å². The highest BCUT2D eigenvalue weighted by atomic mass is 32.2. The van der Waals surface area contributed by atoms with E-state index in [0.717, 1.165) is 16.9 Å². The molecular formula is C17H19NO2S2. The number of nitrogens with zero attached hydrogens (tertiary/aromatic N) is 1. The molecule has 0 unspecified atom stereocenters. The lowest BCUT2D eigenvalue weighted by atomic mass is 10.1. The smallest absolute Gasteiger partial charge is 0.207 e. The Bertz CT molecular complexity index is 770. The highest BCUT2D eigenvalue weighted by molar-refractivity contribution is 8.01. The summed E-state index contributed by atoms with van der Waals surface area (Å²) in [5, 5.41) is -0.133. The Morgan fingerprint density at radius 1 is 1.05 bits per heavy atom. The van der Waals surface area contributed by atoms with E-state index in [0.29, 0.717) is 11.4 Å². The van der Waals surface area contributed by atoms with E-state index in [1.165, 1.54) is 5.56 Å². The Labute approximate surface area is 136 Å². The number of hydrogen-bond donors (Lipinski definition) is 0. The maximum atomic E-state index is 12.9. The second-order valence-electron chi connectivity index (χ2n) is 5.57. The molecule has 0 saturated carbocycles. The summed E-state index contributed by atoms with van der Waals surface area (Å²) < 4.78 is 27.5. The molecule has 22 heavy (non-hydrogen) atoms. The summed E-state index contributed by atoms with van der Waals surface area (Å²) in [7, 11) is -3.46. The van der Waals surface area contributed by atoms with Gasteiger partial charge in [0.25, 0.3) is 0 Å². The highest BCUT2D eigenvalue weighted by Gasteiger charge is 2.36. The first-order chi connectivity index (χ1) is 10.5. The van der Waals surface area contributed by atoms with Crippen LogP contribution in [0.5, 0.6) is 0 Å². The standard InChI is InChI=1S/C17H19NO2S2/c1-13-6-8-15(9-7-13)17-18(10-11-21-17)22(19,20)16-5-3-4-14(2)12-16/h3-9,12,17H,10-11H2,1-2H3/t17-/m1/s1. The molecule has 2 aromatic carbocycles. The molecule has 0 amide bonds. The summed E-state index contributed by atoms with van der Waals surface area (Å²) in [4.78, 5) is 0.382. The Morgan fingerprint density at radius 3 is 2.45 bits per heavy atom. The third-order valence-corrected chi connectivity index (χ3v) is 7.06. The number of hydrogen-bond acceptors (Lipinski definition) is 3. The molecule has 1 saturated heterocycles. The maximum Gasteiger partial charge on any atom is 0.244 e. The van der Waals surface area contributed by atoms with E-state index in [1.807, 2.05) is 44.2 Å². The van der Waals surface area contributed by atoms with Crippen LogP contribution >= 0.6 is 11.8 Å². The first kappa shape index (κ1) is 15.6. The first-order valence-electron chi connectivity index (χ1n) is 7.25. The zero-order valence-corrected chi connectivity index (χ0v) is 14.3. The molecule has 0 bridgehead atoms. The number of benzene rings is 2. The third kappa shape index (κ3) is 2.93. The van der Waals surface area contributed by atoms with Crippen molar-refractivity contribution in [3.63, 3.8) is 0 Å². The largest absolute Gasteiger partial charge is 0.244 e. The Balaban J connectivity index is 1.97. The SMILES string of the molecule is Cc1ccc([C@H]2SCCN2S(=O)(=O)c2cccc(C)c2)cc1. The van der Waals surface area contributed by atoms with Crippen LogP contribution in [0, 0.1) is 13.8 Å². The molecule has 3 rings (SSSR count). The van der Waals surface area contributed by atoms with Crippen molar-refractivity contribution >= 4 is 21.8 Å². The van der Waals surface area contributed by atoms with E-state index >= 15 is 0 Å². The van der Waals surface area contributed by atoms with Crippen molar-refractivity contribution in [3.8, 4) is 0 Å². The van der Waals surface area contributed by atoms with Crippen LogP contribution in [0.25, 0.3) is 0 Å². The number of sulfonamides is 1. The van der Waals surface area contributed by atoms with Gasteiger partial charge in [-0.1, -0.05) is 42.0 Å². The molecule has 1 aliphatic heterocycles. The summed E-state index contributed by atoms with van der Waals surface area (Å²) in [5.41, 5.74) is 3.18. The number of rotatable bonds is 3. The average molecular weight is 333 g/mol. The van der Waals surface area contributed by atoms with Gasteiger partial charge < -0.3 is 0 Å². The predicted molar refractivity (Wildman–Crippen MR) is 91.4 cm³/mol. The zero-order chi connectivity index (χ0) is 15.7. The highest BCUT2D eigenvalue weighted by Crippen LogP contribution is 2.41. The fourth-order valence-corrected chi connectivity index (χ4v) is 5.95. The molecule has 0 spiro atoms. The van der Waals surface area contributed by atoms with Crippen molar-refractivity contribution in [3.05, 3.63) is 65.2 Å². The fourth-order valence-electron chi connectivity index (χ4n) is 2.61. The molecule has 116 valence electrons. The molecule has 0 N–H and O–H groups in total. The molecule has 0 radical (unpaired) electrons. The molecule has 5 heteroatoms. The van der Waals surface area contributed by atoms with Crippen molar-refractivity contribution in [2.45, 2.75) is 24.1 Å². The van der Waals surface area contributed by atoms with Gasteiger partial charge in [-0.25, -0.2) is 8.42 Å². The molecule has 1 atom stereocenters. The summed E-state index contributed by atoms with van der Waals surface area (Å²) in [6.45, 7) is 4.50. The molecule has 3 nitrogen and oxygen atoms in total. The molecule has 0 aliphatic carbocycles. The van der Waals surface area contributed by atoms with Crippen LogP contribution < -0.4 is 0 Å². The quantitative estimate of drug-likeness (QED) is 0.859. The number of aryl methyl sites for hydroxylation is 2. The zero-order valence-electron chi connectivity index (χ0n) is 12.7. The van der Waals surface area contributed by atoms with E-state index in [1.54, 1.807) is 34.3 Å². The predicted octanol–water partition coefficient (Wildman–Crippen LogP) is 3.74. The molecular weight excluding hydrogens is 314 g/mol. The van der Waals surface area contributed by atoms with E-state index < -0.39 is 10.0 Å². The summed E-state index contributed by atoms with van der Waals surface area (Å²) >= 11 is 1.68. The van der Waals surface area contributed by atoms with Crippen molar-refractivity contribution in [1.29, 1.82) is 0 Å². The lowest BCUT2D eigenvalue weighted by molar-refractivity contribution is 0.434. The summed E-state index contributed by atoms with van der Waals surface area (Å²) in [5.74, 6) is 0.823. The minimum absolute atomic E-state index is 0.133. The first-order valence-corrected chi connectivity index (χ1v) is 9.74. The van der Waals surface area contributed by atoms with Crippen LogP contribution in [0.4, 0.5) is 0 Å². The fraction of sp³-hybridized carbons (Fsp3) is 0.294. The van der Waals surface area contributed by atoms with Gasteiger partial charge in [-0.2, -0.15) is 4.31 Å². The van der Waals surface area contributed by atoms with Crippen molar-refractivity contribution in [2.24, 2.45) is 0 Å². The van der Waals surface area contributed by atoms with Gasteiger partial charge in [0.15, 0.2) is 0 Å². The summed E-state index contributed by atoms with van der Waals surface area (Å²) in [6, 6.07) is 15.2. The normalized spacial score (nSPS) is 19.5. The van der Waals surface area contributed by atoms with Crippen LogP contribution in [-0.4, -0.2) is 25.0 Å². The average Bonchev–Trinajstić information content (AvgIpc) is 2.98. The monoisotopic (exact) mass is 333 g/mol. The molecule has 0 aromatic heterocycles. The molecule has 1 heterocycles. The van der Waals surface area contributed by atoms with E-state index in [2.05, 4.69) is 0 Å². The van der Waals surface area contributed by atoms with Crippen molar-refractivity contribution < 1.29 is 8.42 Å². The van der Waals surface area contributed by atoms with Crippen LogP contribution in [0.3, 0.4) is 0 Å². The van der Waals surface area contributed by atoms with Gasteiger partial charge in [0.05, 0.1) is 10.3 Å². The van der Waals surface area contributed by atoms with Gasteiger partial charge >= 0.3 is 0 Å². The topological polar surface area (TPSA) is 37.4 Å². The van der Waals surface area contributed by atoms with Gasteiger partial charge in [-0.15, -0.1) is 11.8 Å². The van der Waals surface area contributed by atoms with Crippen LogP contribution in [0.2, 0.25) is 0 Å². The lowest BCUT2D eigenvalue weighted by Crippen LogP contribution is -2.30. The van der Waals surface area contributed by atoms with Crippen molar-refractivity contribution in [1.82, 2.24) is 4.31 Å². The third-order valence-electron chi connectivity index (χ3n) is 3.81. The molecule has 1 aliphatic rings. The van der Waals surface area contributed by atoms with Gasteiger partial charge in [0, 0.05) is 12.3 Å². The van der Waals surface area contributed by atoms with Gasteiger partial charge in [0.1, 0.15) is 0 Å². The van der Waals surface area contributed by atoms with Crippen LogP contribution in [-0.2, 0) is 10.0 Å². The minimum atomic E-state index is -3.46. The maximum absolute atomic E-state index is 12.9. The Hall–Kier alpha value is -1.30. The van der Waals surface area contributed by atoms with Gasteiger partial charge in [-0.3, -0.25) is 0 Å². The lowest BCUT2D eigenvalue weighted by Gasteiger charge is -2.23. The van der Waals surface area contributed by atoms with Gasteiger partial charge in [0.2, 0.25) is 10.0 Å². The van der Waals surface area contributed by atoms with Crippen molar-refractivity contribution in [2.75, 3.05) is 12.3 Å². The molecule has 2 aromatic rings.